The second-order valence-electron chi connectivity index (χ2n) is 6.72. The molecule has 0 spiro atoms. The lowest BCUT2D eigenvalue weighted by Gasteiger charge is -2.11. The Bertz CT molecular complexity index is 1320. The van der Waals surface area contributed by atoms with Gasteiger partial charge in [0.2, 0.25) is 0 Å². The van der Waals surface area contributed by atoms with Gasteiger partial charge in [0.05, 0.1) is 14.3 Å². The summed E-state index contributed by atoms with van der Waals surface area (Å²) >= 11 is 9.04. The third-order valence-corrected chi connectivity index (χ3v) is 6.26. The SMILES string of the molecule is O=C(N/N=C/c1cc(Br)c(OCc2cccc(F)c2)c(I)c1)c1cc2cc(Br)ccc2o1. The van der Waals surface area contributed by atoms with Crippen LogP contribution in [0.4, 0.5) is 4.39 Å². The van der Waals surface area contributed by atoms with Gasteiger partial charge in [-0.15, -0.1) is 0 Å². The van der Waals surface area contributed by atoms with Gasteiger partial charge in [0, 0.05) is 9.86 Å². The normalized spacial score (nSPS) is 11.2. The maximum Gasteiger partial charge on any atom is 0.307 e. The minimum absolute atomic E-state index is 0.173. The van der Waals surface area contributed by atoms with Crippen LogP contribution in [0.15, 0.2) is 79.1 Å². The molecule has 0 aliphatic rings. The first kappa shape index (κ1) is 22.9. The Morgan fingerprint density at radius 2 is 2.00 bits per heavy atom. The van der Waals surface area contributed by atoms with E-state index in [2.05, 4.69) is 65.0 Å². The van der Waals surface area contributed by atoms with Crippen LogP contribution >= 0.6 is 54.5 Å². The van der Waals surface area contributed by atoms with E-state index in [4.69, 9.17) is 9.15 Å². The highest BCUT2D eigenvalue weighted by atomic mass is 127. The van der Waals surface area contributed by atoms with E-state index in [1.807, 2.05) is 24.3 Å². The van der Waals surface area contributed by atoms with E-state index in [1.165, 1.54) is 18.3 Å². The largest absolute Gasteiger partial charge is 0.487 e. The molecule has 0 saturated heterocycles. The van der Waals surface area contributed by atoms with Crippen molar-refractivity contribution in [1.29, 1.82) is 0 Å². The molecule has 4 rings (SSSR count). The number of nitrogens with one attached hydrogen (secondary N) is 1. The van der Waals surface area contributed by atoms with Crippen LogP contribution in [-0.2, 0) is 6.61 Å². The summed E-state index contributed by atoms with van der Waals surface area (Å²) in [7, 11) is 0. The minimum Gasteiger partial charge on any atom is -0.487 e. The first-order chi connectivity index (χ1) is 15.4. The average molecular weight is 672 g/mol. The molecule has 0 atom stereocenters. The molecule has 1 aromatic heterocycles. The summed E-state index contributed by atoms with van der Waals surface area (Å²) in [6, 6.07) is 17.1. The number of hydrogen-bond donors (Lipinski definition) is 1. The average Bonchev–Trinajstić information content (AvgIpc) is 3.16. The van der Waals surface area contributed by atoms with Crippen LogP contribution < -0.4 is 10.2 Å². The maximum absolute atomic E-state index is 13.3. The van der Waals surface area contributed by atoms with Crippen LogP contribution in [0.25, 0.3) is 11.0 Å². The first-order valence-electron chi connectivity index (χ1n) is 9.28. The molecule has 9 heteroatoms. The molecule has 0 radical (unpaired) electrons. The number of carbonyl (C=O) groups excluding carboxylic acids is 1. The Morgan fingerprint density at radius 1 is 1.16 bits per heavy atom. The smallest absolute Gasteiger partial charge is 0.307 e. The molecule has 0 aliphatic carbocycles. The van der Waals surface area contributed by atoms with Crippen molar-refractivity contribution >= 4 is 77.5 Å². The molecule has 0 bridgehead atoms. The number of carbonyl (C=O) groups is 1. The van der Waals surface area contributed by atoms with Crippen LogP contribution in [0.2, 0.25) is 0 Å². The molecular formula is C23H14Br2FIN2O3. The number of amides is 1. The molecule has 0 fully saturated rings. The number of fused-ring (bicyclic) bond motifs is 1. The Balaban J connectivity index is 1.41. The van der Waals surface area contributed by atoms with Gasteiger partial charge in [0.15, 0.2) is 5.76 Å². The maximum atomic E-state index is 13.3. The quantitative estimate of drug-likeness (QED) is 0.136. The number of hydrazone groups is 1. The van der Waals surface area contributed by atoms with Crippen molar-refractivity contribution in [3.05, 3.63) is 95.9 Å². The highest BCUT2D eigenvalue weighted by molar-refractivity contribution is 14.1. The first-order valence-corrected chi connectivity index (χ1v) is 11.9. The van der Waals surface area contributed by atoms with Gasteiger partial charge in [0.25, 0.3) is 0 Å². The molecule has 3 aromatic carbocycles. The third-order valence-electron chi connectivity index (χ3n) is 4.37. The molecule has 162 valence electrons. The van der Waals surface area contributed by atoms with Crippen LogP contribution in [0.3, 0.4) is 0 Å². The molecule has 4 aromatic rings. The standard InChI is InChI=1S/C23H14Br2FIN2O3/c24-16-4-5-20-15(9-16)10-21(32-20)23(30)29-28-11-14-7-18(25)22(19(27)8-14)31-12-13-2-1-3-17(26)6-13/h1-11H,12H2,(H,29,30)/b28-11+. The number of rotatable bonds is 6. The molecule has 32 heavy (non-hydrogen) atoms. The minimum atomic E-state index is -0.447. The summed E-state index contributed by atoms with van der Waals surface area (Å²) in [6.45, 7) is 0.240. The summed E-state index contributed by atoms with van der Waals surface area (Å²) in [5.74, 6) is 0.0676. The zero-order valence-electron chi connectivity index (χ0n) is 16.2. The predicted molar refractivity (Wildman–Crippen MR) is 137 cm³/mol. The summed E-state index contributed by atoms with van der Waals surface area (Å²) in [5, 5.41) is 4.84. The molecule has 1 N–H and O–H groups in total. The fraction of sp³-hybridized carbons (Fsp3) is 0.0435. The van der Waals surface area contributed by atoms with Gasteiger partial charge >= 0.3 is 5.91 Å². The van der Waals surface area contributed by atoms with E-state index in [-0.39, 0.29) is 18.2 Å². The second kappa shape index (κ2) is 10.1. The van der Waals surface area contributed by atoms with E-state index in [1.54, 1.807) is 24.3 Å². The van der Waals surface area contributed by atoms with Crippen molar-refractivity contribution in [3.8, 4) is 5.75 Å². The van der Waals surface area contributed by atoms with E-state index in [0.717, 1.165) is 29.0 Å². The molecule has 0 aliphatic heterocycles. The monoisotopic (exact) mass is 670 g/mol. The second-order valence-corrected chi connectivity index (χ2v) is 9.66. The number of nitrogens with zero attached hydrogens (tertiary/aromatic N) is 1. The van der Waals surface area contributed by atoms with Crippen molar-refractivity contribution in [3.63, 3.8) is 0 Å². The van der Waals surface area contributed by atoms with E-state index >= 15 is 0 Å². The summed E-state index contributed by atoms with van der Waals surface area (Å²) in [6.07, 6.45) is 1.53. The molecule has 1 amide bonds. The molecule has 5 nitrogen and oxygen atoms in total. The van der Waals surface area contributed by atoms with Crippen molar-refractivity contribution in [1.82, 2.24) is 5.43 Å². The Kier molecular flexibility index (Phi) is 7.27. The van der Waals surface area contributed by atoms with Gasteiger partial charge in [0.1, 0.15) is 23.8 Å². The lowest BCUT2D eigenvalue weighted by molar-refractivity contribution is 0.0929. The summed E-state index contributed by atoms with van der Waals surface area (Å²) in [5.41, 5.74) is 4.58. The number of halogens is 4. The zero-order valence-corrected chi connectivity index (χ0v) is 21.6. The van der Waals surface area contributed by atoms with E-state index < -0.39 is 5.91 Å². The van der Waals surface area contributed by atoms with Crippen LogP contribution in [0.1, 0.15) is 21.7 Å². The highest BCUT2D eigenvalue weighted by Crippen LogP contribution is 2.32. The Morgan fingerprint density at radius 3 is 2.78 bits per heavy atom. The molecule has 0 saturated carbocycles. The number of benzene rings is 3. The van der Waals surface area contributed by atoms with Gasteiger partial charge in [-0.05, 0) is 98.2 Å². The summed E-state index contributed by atoms with van der Waals surface area (Å²) < 4.78 is 27.2. The van der Waals surface area contributed by atoms with E-state index in [0.29, 0.717) is 11.3 Å². The van der Waals surface area contributed by atoms with Gasteiger partial charge in [-0.1, -0.05) is 28.1 Å². The van der Waals surface area contributed by atoms with Crippen molar-refractivity contribution < 1.29 is 18.3 Å². The zero-order chi connectivity index (χ0) is 22.7. The highest BCUT2D eigenvalue weighted by Gasteiger charge is 2.12. The predicted octanol–water partition coefficient (Wildman–Crippen LogP) is 7.04. The van der Waals surface area contributed by atoms with Gasteiger partial charge < -0.3 is 9.15 Å². The van der Waals surface area contributed by atoms with Crippen molar-refractivity contribution in [2.45, 2.75) is 6.61 Å². The third kappa shape index (κ3) is 5.57. The Labute approximate surface area is 213 Å². The van der Waals surface area contributed by atoms with Crippen LogP contribution in [0.5, 0.6) is 5.75 Å². The van der Waals surface area contributed by atoms with Crippen LogP contribution in [0, 0.1) is 9.39 Å². The lowest BCUT2D eigenvalue weighted by atomic mass is 10.2. The number of furan rings is 1. The van der Waals surface area contributed by atoms with Gasteiger partial charge in [-0.2, -0.15) is 5.10 Å². The fourth-order valence-corrected chi connectivity index (χ4v) is 5.07. The van der Waals surface area contributed by atoms with E-state index in [9.17, 15) is 9.18 Å². The topological polar surface area (TPSA) is 63.8 Å². The van der Waals surface area contributed by atoms with Crippen LogP contribution in [-0.4, -0.2) is 12.1 Å². The van der Waals surface area contributed by atoms with Crippen molar-refractivity contribution in [2.24, 2.45) is 5.10 Å². The van der Waals surface area contributed by atoms with Gasteiger partial charge in [-0.25, -0.2) is 9.82 Å². The lowest BCUT2D eigenvalue weighted by Crippen LogP contribution is -2.16. The fourth-order valence-electron chi connectivity index (χ4n) is 2.92. The summed E-state index contributed by atoms with van der Waals surface area (Å²) in [4.78, 5) is 12.3. The Hall–Kier alpha value is -2.24. The number of ether oxygens (including phenoxy) is 1. The molecule has 0 unspecified atom stereocenters. The molecule has 1 heterocycles. The number of hydrogen-bond acceptors (Lipinski definition) is 4. The van der Waals surface area contributed by atoms with Gasteiger partial charge in [-0.3, -0.25) is 4.79 Å². The molecular weight excluding hydrogens is 658 g/mol. The van der Waals surface area contributed by atoms with Crippen molar-refractivity contribution in [2.75, 3.05) is 0 Å².